The maximum absolute atomic E-state index is 9.88. The largest absolute Gasteiger partial charge is 0.392 e. The van der Waals surface area contributed by atoms with Gasteiger partial charge >= 0.3 is 0 Å². The second kappa shape index (κ2) is 9.02. The summed E-state index contributed by atoms with van der Waals surface area (Å²) in [6.45, 7) is 4.65. The Balaban J connectivity index is 2.06. The first kappa shape index (κ1) is 17.1. The lowest BCUT2D eigenvalue weighted by molar-refractivity contribution is 0.0396. The fraction of sp³-hybridized carbons (Fsp3) is 0.333. The second-order valence-electron chi connectivity index (χ2n) is 5.53. The number of nitrogens with zero attached hydrogens (tertiary/aromatic N) is 2. The Morgan fingerprint density at radius 3 is 2.57 bits per heavy atom. The molecule has 0 fully saturated rings. The van der Waals surface area contributed by atoms with Crippen LogP contribution in [-0.4, -0.2) is 41.1 Å². The molecule has 1 aromatic carbocycles. The van der Waals surface area contributed by atoms with Crippen LogP contribution in [0.2, 0.25) is 0 Å². The van der Waals surface area contributed by atoms with Crippen LogP contribution in [0.5, 0.6) is 0 Å². The van der Waals surface area contributed by atoms with Gasteiger partial charge in [-0.3, -0.25) is 4.98 Å². The molecule has 0 saturated carbocycles. The number of nitrogens with one attached hydrogen (secondary N) is 1. The van der Waals surface area contributed by atoms with Gasteiger partial charge in [0.15, 0.2) is 0 Å². The van der Waals surface area contributed by atoms with Crippen molar-refractivity contribution in [3.63, 3.8) is 0 Å². The van der Waals surface area contributed by atoms with E-state index < -0.39 is 6.10 Å². The third kappa shape index (κ3) is 5.81. The van der Waals surface area contributed by atoms with E-state index in [-0.39, 0.29) is 6.61 Å². The van der Waals surface area contributed by atoms with Crippen molar-refractivity contribution in [1.29, 1.82) is 0 Å². The van der Waals surface area contributed by atoms with Gasteiger partial charge in [-0.25, -0.2) is 0 Å². The molecule has 0 radical (unpaired) electrons. The maximum atomic E-state index is 9.88. The Morgan fingerprint density at radius 2 is 1.91 bits per heavy atom. The van der Waals surface area contributed by atoms with Gasteiger partial charge in [0.2, 0.25) is 0 Å². The summed E-state index contributed by atoms with van der Waals surface area (Å²) in [4.78, 5) is 9.68. The molecule has 1 unspecified atom stereocenters. The Morgan fingerprint density at radius 1 is 1.17 bits per heavy atom. The molecule has 122 valence electrons. The van der Waals surface area contributed by atoms with E-state index in [1.165, 1.54) is 0 Å². The Bertz CT molecular complexity index is 559. The van der Waals surface area contributed by atoms with E-state index in [4.69, 9.17) is 4.84 Å². The van der Waals surface area contributed by atoms with Gasteiger partial charge in [-0.05, 0) is 12.1 Å². The molecule has 1 atom stereocenters. The molecule has 1 aromatic heterocycles. The molecular weight excluding hydrogens is 290 g/mol. The lowest BCUT2D eigenvalue weighted by Crippen LogP contribution is -2.34. The number of oxime groups is 1. The maximum Gasteiger partial charge on any atom is 0.144 e. The van der Waals surface area contributed by atoms with Crippen LogP contribution in [0.3, 0.4) is 0 Å². The van der Waals surface area contributed by atoms with Gasteiger partial charge in [-0.15, -0.1) is 0 Å². The lowest BCUT2D eigenvalue weighted by atomic mass is 10.1. The summed E-state index contributed by atoms with van der Waals surface area (Å²) in [7, 11) is 0. The minimum Gasteiger partial charge on any atom is -0.392 e. The lowest BCUT2D eigenvalue weighted by Gasteiger charge is -2.13. The van der Waals surface area contributed by atoms with Crippen molar-refractivity contribution in [3.05, 3.63) is 66.0 Å². The summed E-state index contributed by atoms with van der Waals surface area (Å²) in [6, 6.07) is 15.7. The molecule has 2 N–H and O–H groups in total. The zero-order valence-corrected chi connectivity index (χ0v) is 13.5. The number of benzene rings is 1. The van der Waals surface area contributed by atoms with Crippen LogP contribution in [-0.2, 0) is 4.84 Å². The predicted molar refractivity (Wildman–Crippen MR) is 91.4 cm³/mol. The van der Waals surface area contributed by atoms with E-state index >= 15 is 0 Å². The predicted octanol–water partition coefficient (Wildman–Crippen LogP) is 2.21. The zero-order chi connectivity index (χ0) is 16.5. The van der Waals surface area contributed by atoms with Gasteiger partial charge in [-0.2, -0.15) is 0 Å². The van der Waals surface area contributed by atoms with Crippen LogP contribution < -0.4 is 5.32 Å². The highest BCUT2D eigenvalue weighted by Gasteiger charge is 2.10. The van der Waals surface area contributed by atoms with Crippen LogP contribution in [0.25, 0.3) is 0 Å². The van der Waals surface area contributed by atoms with E-state index in [2.05, 4.69) is 15.5 Å². The van der Waals surface area contributed by atoms with Crippen molar-refractivity contribution in [2.45, 2.75) is 26.0 Å². The second-order valence-corrected chi connectivity index (χ2v) is 5.53. The van der Waals surface area contributed by atoms with Crippen molar-refractivity contribution in [1.82, 2.24) is 10.3 Å². The minimum absolute atomic E-state index is 0.128. The summed E-state index contributed by atoms with van der Waals surface area (Å²) < 4.78 is 0. The molecule has 23 heavy (non-hydrogen) atoms. The summed E-state index contributed by atoms with van der Waals surface area (Å²) in [5, 5.41) is 17.2. The van der Waals surface area contributed by atoms with Gasteiger partial charge in [0.05, 0.1) is 5.69 Å². The summed E-state index contributed by atoms with van der Waals surface area (Å²) in [5.74, 6) is 0. The number of hydrogen-bond donors (Lipinski definition) is 2. The van der Waals surface area contributed by atoms with Crippen molar-refractivity contribution in [2.75, 3.05) is 13.2 Å². The van der Waals surface area contributed by atoms with Gasteiger partial charge in [-0.1, -0.05) is 55.4 Å². The Kier molecular flexibility index (Phi) is 6.72. The third-order valence-electron chi connectivity index (χ3n) is 3.14. The first-order chi connectivity index (χ1) is 11.2. The SMILES string of the molecule is CC(C)NCC(O)CO/N=C(\c1ccccc1)c1ccccn1. The summed E-state index contributed by atoms with van der Waals surface area (Å²) in [6.07, 6.45) is 1.11. The topological polar surface area (TPSA) is 66.7 Å². The van der Waals surface area contributed by atoms with E-state index in [1.807, 2.05) is 62.4 Å². The molecule has 0 saturated heterocycles. The van der Waals surface area contributed by atoms with Crippen molar-refractivity contribution in [2.24, 2.45) is 5.16 Å². The van der Waals surface area contributed by atoms with Crippen LogP contribution >= 0.6 is 0 Å². The van der Waals surface area contributed by atoms with Gasteiger partial charge in [0.1, 0.15) is 18.4 Å². The Labute approximate surface area is 137 Å². The number of aliphatic hydroxyl groups is 1. The number of aromatic nitrogens is 1. The van der Waals surface area contributed by atoms with E-state index in [1.54, 1.807) is 6.20 Å². The molecule has 0 bridgehead atoms. The molecular formula is C18H23N3O2. The van der Waals surface area contributed by atoms with Crippen LogP contribution in [0.1, 0.15) is 25.1 Å². The molecule has 0 amide bonds. The van der Waals surface area contributed by atoms with E-state index in [0.29, 0.717) is 18.3 Å². The number of aliphatic hydroxyl groups excluding tert-OH is 1. The van der Waals surface area contributed by atoms with Gasteiger partial charge in [0.25, 0.3) is 0 Å². The van der Waals surface area contributed by atoms with E-state index in [9.17, 15) is 5.11 Å². The van der Waals surface area contributed by atoms with Gasteiger partial charge in [0, 0.05) is 24.3 Å². The minimum atomic E-state index is -0.609. The Hall–Kier alpha value is -2.24. The molecule has 0 spiro atoms. The van der Waals surface area contributed by atoms with Gasteiger partial charge < -0.3 is 15.3 Å². The highest BCUT2D eigenvalue weighted by atomic mass is 16.6. The highest BCUT2D eigenvalue weighted by Crippen LogP contribution is 2.09. The molecule has 0 aliphatic rings. The number of rotatable bonds is 8. The molecule has 5 heteroatoms. The number of hydrogen-bond acceptors (Lipinski definition) is 5. The van der Waals surface area contributed by atoms with Crippen LogP contribution in [0.4, 0.5) is 0 Å². The molecule has 0 aliphatic carbocycles. The fourth-order valence-corrected chi connectivity index (χ4v) is 1.96. The third-order valence-corrected chi connectivity index (χ3v) is 3.14. The number of pyridine rings is 1. The molecule has 2 aromatic rings. The van der Waals surface area contributed by atoms with Crippen LogP contribution in [0.15, 0.2) is 59.9 Å². The monoisotopic (exact) mass is 313 g/mol. The van der Waals surface area contributed by atoms with Crippen molar-refractivity contribution < 1.29 is 9.94 Å². The van der Waals surface area contributed by atoms with E-state index in [0.717, 1.165) is 11.3 Å². The molecule has 0 aliphatic heterocycles. The highest BCUT2D eigenvalue weighted by molar-refractivity contribution is 6.11. The first-order valence-corrected chi connectivity index (χ1v) is 7.75. The van der Waals surface area contributed by atoms with Crippen molar-refractivity contribution >= 4 is 5.71 Å². The molecule has 2 rings (SSSR count). The molecule has 5 nitrogen and oxygen atoms in total. The van der Waals surface area contributed by atoms with Crippen LogP contribution in [0, 0.1) is 0 Å². The average Bonchev–Trinajstić information content (AvgIpc) is 2.58. The normalized spacial score (nSPS) is 13.1. The summed E-state index contributed by atoms with van der Waals surface area (Å²) >= 11 is 0. The average molecular weight is 313 g/mol. The molecule has 1 heterocycles. The quantitative estimate of drug-likeness (QED) is 0.579. The first-order valence-electron chi connectivity index (χ1n) is 7.75. The standard InChI is InChI=1S/C18H23N3O2/c1-14(2)20-12-16(22)13-23-21-18(15-8-4-3-5-9-15)17-10-6-7-11-19-17/h3-11,14,16,20,22H,12-13H2,1-2H3/b21-18+. The zero-order valence-electron chi connectivity index (χ0n) is 13.5. The fourth-order valence-electron chi connectivity index (χ4n) is 1.96. The smallest absolute Gasteiger partial charge is 0.144 e. The summed E-state index contributed by atoms with van der Waals surface area (Å²) in [5.41, 5.74) is 2.30. The van der Waals surface area contributed by atoms with Crippen molar-refractivity contribution in [3.8, 4) is 0 Å².